The first kappa shape index (κ1) is 15.4. The molecule has 4 aliphatic carbocycles. The number of fused-ring (bicyclic) bond motifs is 1. The first-order valence-electron chi connectivity index (χ1n) is 9.80. The third-order valence-electron chi connectivity index (χ3n) is 7.01. The van der Waals surface area contributed by atoms with Crippen LogP contribution in [-0.2, 0) is 22.4 Å². The van der Waals surface area contributed by atoms with Crippen molar-refractivity contribution in [3.63, 3.8) is 0 Å². The van der Waals surface area contributed by atoms with Crippen molar-refractivity contribution >= 4 is 17.5 Å². The van der Waals surface area contributed by atoms with E-state index in [2.05, 4.69) is 22.8 Å². The second kappa shape index (κ2) is 5.58. The molecule has 1 heterocycles. The summed E-state index contributed by atoms with van der Waals surface area (Å²) in [5, 5.41) is 6.11. The monoisotopic (exact) mass is 338 g/mol. The summed E-state index contributed by atoms with van der Waals surface area (Å²) in [4.78, 5) is 24.4. The lowest BCUT2D eigenvalue weighted by Crippen LogP contribution is -2.53. The molecule has 25 heavy (non-hydrogen) atoms. The quantitative estimate of drug-likeness (QED) is 0.886. The van der Waals surface area contributed by atoms with Crippen molar-refractivity contribution in [3.8, 4) is 0 Å². The van der Waals surface area contributed by atoms with Crippen LogP contribution in [0.1, 0.15) is 49.7 Å². The third kappa shape index (κ3) is 2.66. The lowest BCUT2D eigenvalue weighted by atomic mass is 9.49. The highest BCUT2D eigenvalue weighted by atomic mass is 16.2. The predicted molar refractivity (Wildman–Crippen MR) is 96.1 cm³/mol. The molecule has 1 aromatic rings. The molecule has 5 aliphatic rings. The SMILES string of the molecule is O=C1Cc2cc(CCNC(=O)C34CC5CC(CC(C5)C3)C4)ccc2N1. The number of nitrogens with one attached hydrogen (secondary N) is 2. The zero-order valence-electron chi connectivity index (χ0n) is 14.6. The van der Waals surface area contributed by atoms with E-state index < -0.39 is 0 Å². The van der Waals surface area contributed by atoms with Gasteiger partial charge >= 0.3 is 0 Å². The summed E-state index contributed by atoms with van der Waals surface area (Å²) in [5.41, 5.74) is 3.16. The zero-order valence-corrected chi connectivity index (χ0v) is 14.6. The summed E-state index contributed by atoms with van der Waals surface area (Å²) < 4.78 is 0. The van der Waals surface area contributed by atoms with E-state index in [-0.39, 0.29) is 11.3 Å². The van der Waals surface area contributed by atoms with Gasteiger partial charge < -0.3 is 10.6 Å². The van der Waals surface area contributed by atoms with Crippen LogP contribution in [0, 0.1) is 23.2 Å². The molecule has 4 nitrogen and oxygen atoms in total. The lowest BCUT2D eigenvalue weighted by molar-refractivity contribution is -0.146. The van der Waals surface area contributed by atoms with Gasteiger partial charge in [-0.3, -0.25) is 9.59 Å². The molecule has 0 atom stereocenters. The van der Waals surface area contributed by atoms with Crippen molar-refractivity contribution in [1.82, 2.24) is 5.32 Å². The molecule has 0 radical (unpaired) electrons. The van der Waals surface area contributed by atoms with E-state index in [4.69, 9.17) is 0 Å². The Morgan fingerprint density at radius 3 is 2.48 bits per heavy atom. The van der Waals surface area contributed by atoms with Crippen LogP contribution in [0.3, 0.4) is 0 Å². The van der Waals surface area contributed by atoms with Crippen molar-refractivity contribution in [3.05, 3.63) is 29.3 Å². The van der Waals surface area contributed by atoms with Crippen molar-refractivity contribution < 1.29 is 9.59 Å². The molecule has 0 spiro atoms. The van der Waals surface area contributed by atoms with E-state index in [1.165, 1.54) is 24.8 Å². The van der Waals surface area contributed by atoms with Gasteiger partial charge in [-0.05, 0) is 79.9 Å². The Morgan fingerprint density at radius 2 is 1.80 bits per heavy atom. The number of carbonyl (C=O) groups is 2. The van der Waals surface area contributed by atoms with E-state index in [0.29, 0.717) is 18.9 Å². The van der Waals surface area contributed by atoms with E-state index in [1.807, 2.05) is 6.07 Å². The topological polar surface area (TPSA) is 58.2 Å². The van der Waals surface area contributed by atoms with Crippen LogP contribution in [0.4, 0.5) is 5.69 Å². The summed E-state index contributed by atoms with van der Waals surface area (Å²) in [6.45, 7) is 0.695. The highest BCUT2D eigenvalue weighted by Gasteiger charge is 2.54. The molecule has 0 aromatic heterocycles. The second-order valence-electron chi connectivity index (χ2n) is 8.92. The first-order chi connectivity index (χ1) is 12.1. The number of benzene rings is 1. The molecule has 6 rings (SSSR count). The van der Waals surface area contributed by atoms with E-state index in [0.717, 1.165) is 54.7 Å². The van der Waals surface area contributed by atoms with Gasteiger partial charge in [-0.1, -0.05) is 12.1 Å². The number of carbonyl (C=O) groups excluding carboxylic acids is 2. The van der Waals surface area contributed by atoms with Crippen LogP contribution in [-0.4, -0.2) is 18.4 Å². The summed E-state index contributed by atoms with van der Waals surface area (Å²) in [6.07, 6.45) is 8.78. The van der Waals surface area contributed by atoms with Crippen LogP contribution in [0.25, 0.3) is 0 Å². The van der Waals surface area contributed by atoms with Gasteiger partial charge in [0, 0.05) is 17.6 Å². The molecule has 2 N–H and O–H groups in total. The van der Waals surface area contributed by atoms with Crippen molar-refractivity contribution in [2.75, 3.05) is 11.9 Å². The normalized spacial score (nSPS) is 34.7. The lowest BCUT2D eigenvalue weighted by Gasteiger charge is -2.55. The molecule has 132 valence electrons. The van der Waals surface area contributed by atoms with Gasteiger partial charge in [0.05, 0.1) is 6.42 Å². The van der Waals surface area contributed by atoms with Gasteiger partial charge in [0.15, 0.2) is 0 Å². The zero-order chi connectivity index (χ0) is 17.0. The Morgan fingerprint density at radius 1 is 1.12 bits per heavy atom. The Labute approximate surface area is 148 Å². The fraction of sp³-hybridized carbons (Fsp3) is 0.619. The van der Waals surface area contributed by atoms with Gasteiger partial charge in [-0.25, -0.2) is 0 Å². The van der Waals surface area contributed by atoms with E-state index in [1.54, 1.807) is 0 Å². The minimum absolute atomic E-state index is 0.0526. The molecule has 4 fully saturated rings. The Balaban J connectivity index is 1.20. The molecular formula is C21H26N2O2. The average Bonchev–Trinajstić information content (AvgIpc) is 2.93. The maximum atomic E-state index is 13.0. The molecule has 4 heteroatoms. The maximum absolute atomic E-state index is 13.0. The molecule has 4 bridgehead atoms. The summed E-state index contributed by atoms with van der Waals surface area (Å²) in [7, 11) is 0. The number of anilines is 1. The van der Waals surface area contributed by atoms with E-state index >= 15 is 0 Å². The van der Waals surface area contributed by atoms with E-state index in [9.17, 15) is 9.59 Å². The van der Waals surface area contributed by atoms with Crippen LogP contribution < -0.4 is 10.6 Å². The largest absolute Gasteiger partial charge is 0.355 e. The average molecular weight is 338 g/mol. The summed E-state index contributed by atoms with van der Waals surface area (Å²) in [5.74, 6) is 2.79. The molecule has 0 saturated heterocycles. The smallest absolute Gasteiger partial charge is 0.228 e. The Kier molecular flexibility index (Phi) is 3.44. The van der Waals surface area contributed by atoms with Gasteiger partial charge in [0.1, 0.15) is 0 Å². The minimum atomic E-state index is -0.0526. The van der Waals surface area contributed by atoms with Gasteiger partial charge in [-0.2, -0.15) is 0 Å². The predicted octanol–water partition coefficient (Wildman–Crippen LogP) is 3.06. The Bertz CT molecular complexity index is 704. The number of hydrogen-bond acceptors (Lipinski definition) is 2. The van der Waals surface area contributed by atoms with Crippen molar-refractivity contribution in [2.24, 2.45) is 23.2 Å². The number of rotatable bonds is 4. The van der Waals surface area contributed by atoms with Crippen molar-refractivity contribution in [2.45, 2.75) is 51.4 Å². The highest BCUT2D eigenvalue weighted by molar-refractivity contribution is 5.99. The fourth-order valence-corrected chi connectivity index (χ4v) is 6.33. The number of amides is 2. The molecule has 1 aliphatic heterocycles. The molecule has 2 amide bonds. The second-order valence-corrected chi connectivity index (χ2v) is 8.92. The van der Waals surface area contributed by atoms with Gasteiger partial charge in [0.2, 0.25) is 11.8 Å². The van der Waals surface area contributed by atoms with Crippen LogP contribution in [0.2, 0.25) is 0 Å². The fourth-order valence-electron chi connectivity index (χ4n) is 6.33. The van der Waals surface area contributed by atoms with Gasteiger partial charge in [0.25, 0.3) is 0 Å². The summed E-state index contributed by atoms with van der Waals surface area (Å²) in [6, 6.07) is 6.14. The molecular weight excluding hydrogens is 312 g/mol. The third-order valence-corrected chi connectivity index (χ3v) is 7.01. The first-order valence-corrected chi connectivity index (χ1v) is 9.80. The summed E-state index contributed by atoms with van der Waals surface area (Å²) >= 11 is 0. The van der Waals surface area contributed by atoms with Crippen LogP contribution in [0.15, 0.2) is 18.2 Å². The highest BCUT2D eigenvalue weighted by Crippen LogP contribution is 2.60. The molecule has 1 aromatic carbocycles. The standard InChI is InChI=1S/C21H26N2O2/c24-19-9-17-8-13(1-2-18(17)23-19)3-4-22-20(25)21-10-14-5-15(11-21)7-16(6-14)12-21/h1-2,8,14-16H,3-7,9-12H2,(H,22,25)(H,23,24). The van der Waals surface area contributed by atoms with Gasteiger partial charge in [-0.15, -0.1) is 0 Å². The minimum Gasteiger partial charge on any atom is -0.355 e. The van der Waals surface area contributed by atoms with Crippen LogP contribution >= 0.6 is 0 Å². The maximum Gasteiger partial charge on any atom is 0.228 e. The molecule has 4 saturated carbocycles. The van der Waals surface area contributed by atoms with Crippen LogP contribution in [0.5, 0.6) is 0 Å². The Hall–Kier alpha value is -1.84. The van der Waals surface area contributed by atoms with Crippen molar-refractivity contribution in [1.29, 1.82) is 0 Å². The number of hydrogen-bond donors (Lipinski definition) is 2. The molecule has 0 unspecified atom stereocenters.